The number of rotatable bonds is 5. The maximum atomic E-state index is 12.5. The molecule has 0 amide bonds. The second kappa shape index (κ2) is 6.71. The third-order valence-corrected chi connectivity index (χ3v) is 4.64. The minimum absolute atomic E-state index is 0.0458. The molecular formula is C17H21F3O2. The quantitative estimate of drug-likeness (QED) is 0.732. The van der Waals surface area contributed by atoms with Gasteiger partial charge < -0.3 is 4.74 Å². The summed E-state index contributed by atoms with van der Waals surface area (Å²) in [7, 11) is 1.39. The Morgan fingerprint density at radius 2 is 1.77 bits per heavy atom. The fourth-order valence-corrected chi connectivity index (χ4v) is 3.29. The Bertz CT molecular complexity index is 500. The largest absolute Gasteiger partial charge is 0.469 e. The van der Waals surface area contributed by atoms with Crippen LogP contribution in [0.4, 0.5) is 13.2 Å². The SMILES string of the molecule is COC(=O)CC1(CCc2ccc(C(F)(F)F)cc2)CCCC1. The topological polar surface area (TPSA) is 26.3 Å². The van der Waals surface area contributed by atoms with Gasteiger partial charge in [0, 0.05) is 0 Å². The molecule has 1 aliphatic rings. The highest BCUT2D eigenvalue weighted by Crippen LogP contribution is 2.45. The van der Waals surface area contributed by atoms with Crippen molar-refractivity contribution in [2.75, 3.05) is 7.11 Å². The minimum atomic E-state index is -4.30. The number of carbonyl (C=O) groups excluding carboxylic acids is 1. The highest BCUT2D eigenvalue weighted by atomic mass is 19.4. The van der Waals surface area contributed by atoms with Crippen molar-refractivity contribution in [3.63, 3.8) is 0 Å². The lowest BCUT2D eigenvalue weighted by Gasteiger charge is -2.27. The molecule has 1 aromatic rings. The maximum Gasteiger partial charge on any atom is 0.416 e. The lowest BCUT2D eigenvalue weighted by atomic mass is 9.77. The molecule has 1 aliphatic carbocycles. The van der Waals surface area contributed by atoms with E-state index in [0.29, 0.717) is 12.8 Å². The Morgan fingerprint density at radius 3 is 2.27 bits per heavy atom. The Morgan fingerprint density at radius 1 is 1.18 bits per heavy atom. The predicted molar refractivity (Wildman–Crippen MR) is 77.3 cm³/mol. The van der Waals surface area contributed by atoms with E-state index in [-0.39, 0.29) is 11.4 Å². The zero-order valence-electron chi connectivity index (χ0n) is 12.7. The predicted octanol–water partition coefficient (Wildman–Crippen LogP) is 4.76. The van der Waals surface area contributed by atoms with Crippen molar-refractivity contribution in [1.29, 1.82) is 0 Å². The van der Waals surface area contributed by atoms with Crippen LogP contribution in [0, 0.1) is 5.41 Å². The molecule has 0 radical (unpaired) electrons. The van der Waals surface area contributed by atoms with Crippen LogP contribution in [0.2, 0.25) is 0 Å². The summed E-state index contributed by atoms with van der Waals surface area (Å²) in [5, 5.41) is 0. The van der Waals surface area contributed by atoms with Crippen LogP contribution in [0.3, 0.4) is 0 Å². The molecule has 0 N–H and O–H groups in total. The first kappa shape index (κ1) is 16.8. The highest BCUT2D eigenvalue weighted by molar-refractivity contribution is 5.70. The molecular weight excluding hydrogens is 293 g/mol. The van der Waals surface area contributed by atoms with E-state index in [1.165, 1.54) is 19.2 Å². The van der Waals surface area contributed by atoms with Crippen molar-refractivity contribution in [2.45, 2.75) is 51.1 Å². The van der Waals surface area contributed by atoms with E-state index in [1.54, 1.807) is 0 Å². The van der Waals surface area contributed by atoms with Gasteiger partial charge >= 0.3 is 12.1 Å². The number of alkyl halides is 3. The average Bonchev–Trinajstić information content (AvgIpc) is 2.93. The van der Waals surface area contributed by atoms with Crippen LogP contribution in [0.1, 0.15) is 49.7 Å². The van der Waals surface area contributed by atoms with Gasteiger partial charge in [0.15, 0.2) is 0 Å². The molecule has 0 saturated heterocycles. The summed E-state index contributed by atoms with van der Waals surface area (Å²) < 4.78 is 42.4. The molecule has 1 fully saturated rings. The van der Waals surface area contributed by atoms with Crippen molar-refractivity contribution < 1.29 is 22.7 Å². The number of esters is 1. The van der Waals surface area contributed by atoms with Crippen LogP contribution in [-0.4, -0.2) is 13.1 Å². The fraction of sp³-hybridized carbons (Fsp3) is 0.588. The maximum absolute atomic E-state index is 12.5. The van der Waals surface area contributed by atoms with E-state index in [1.807, 2.05) is 0 Å². The first-order valence-electron chi connectivity index (χ1n) is 7.58. The first-order chi connectivity index (χ1) is 10.3. The summed E-state index contributed by atoms with van der Waals surface area (Å²) in [4.78, 5) is 11.6. The van der Waals surface area contributed by atoms with Crippen LogP contribution in [0.15, 0.2) is 24.3 Å². The number of aryl methyl sites for hydroxylation is 1. The Hall–Kier alpha value is -1.52. The van der Waals surface area contributed by atoms with E-state index < -0.39 is 11.7 Å². The number of hydrogen-bond donors (Lipinski definition) is 0. The monoisotopic (exact) mass is 314 g/mol. The fourth-order valence-electron chi connectivity index (χ4n) is 3.29. The first-order valence-corrected chi connectivity index (χ1v) is 7.58. The van der Waals surface area contributed by atoms with Crippen LogP contribution >= 0.6 is 0 Å². The van der Waals surface area contributed by atoms with Gasteiger partial charge in [0.2, 0.25) is 0 Å². The molecule has 2 rings (SSSR count). The summed E-state index contributed by atoms with van der Waals surface area (Å²) in [6.07, 6.45) is 1.79. The van der Waals surface area contributed by atoms with Crippen LogP contribution in [0.5, 0.6) is 0 Å². The zero-order valence-corrected chi connectivity index (χ0v) is 12.7. The van der Waals surface area contributed by atoms with Crippen molar-refractivity contribution >= 4 is 5.97 Å². The molecule has 0 bridgehead atoms. The van der Waals surface area contributed by atoms with Gasteiger partial charge in [-0.05, 0) is 48.8 Å². The summed E-state index contributed by atoms with van der Waals surface area (Å²) in [5.74, 6) is -0.200. The molecule has 5 heteroatoms. The lowest BCUT2D eigenvalue weighted by Crippen LogP contribution is -2.22. The van der Waals surface area contributed by atoms with Gasteiger partial charge in [0.25, 0.3) is 0 Å². The average molecular weight is 314 g/mol. The molecule has 22 heavy (non-hydrogen) atoms. The summed E-state index contributed by atoms with van der Waals surface area (Å²) in [6, 6.07) is 5.31. The lowest BCUT2D eigenvalue weighted by molar-refractivity contribution is -0.143. The Kier molecular flexibility index (Phi) is 5.14. The second-order valence-corrected chi connectivity index (χ2v) is 6.15. The molecule has 1 aromatic carbocycles. The highest BCUT2D eigenvalue weighted by Gasteiger charge is 2.36. The van der Waals surface area contributed by atoms with Crippen molar-refractivity contribution in [3.8, 4) is 0 Å². The molecule has 2 nitrogen and oxygen atoms in total. The zero-order chi connectivity index (χ0) is 16.2. The van der Waals surface area contributed by atoms with E-state index in [4.69, 9.17) is 4.74 Å². The summed E-state index contributed by atoms with van der Waals surface area (Å²) >= 11 is 0. The molecule has 0 aliphatic heterocycles. The van der Waals surface area contributed by atoms with Gasteiger partial charge in [-0.15, -0.1) is 0 Å². The van der Waals surface area contributed by atoms with E-state index in [0.717, 1.165) is 49.8 Å². The summed E-state index contributed by atoms with van der Waals surface area (Å²) in [5.41, 5.74) is 0.209. The van der Waals surface area contributed by atoms with Crippen LogP contribution in [-0.2, 0) is 22.1 Å². The van der Waals surface area contributed by atoms with Gasteiger partial charge in [-0.3, -0.25) is 4.79 Å². The molecule has 122 valence electrons. The van der Waals surface area contributed by atoms with E-state index in [9.17, 15) is 18.0 Å². The van der Waals surface area contributed by atoms with Gasteiger partial charge in [0.05, 0.1) is 19.1 Å². The minimum Gasteiger partial charge on any atom is -0.469 e. The van der Waals surface area contributed by atoms with Crippen molar-refractivity contribution in [2.24, 2.45) is 5.41 Å². The van der Waals surface area contributed by atoms with Gasteiger partial charge in [0.1, 0.15) is 0 Å². The van der Waals surface area contributed by atoms with E-state index >= 15 is 0 Å². The van der Waals surface area contributed by atoms with Crippen molar-refractivity contribution in [3.05, 3.63) is 35.4 Å². The number of carbonyl (C=O) groups is 1. The third-order valence-electron chi connectivity index (χ3n) is 4.64. The normalized spacial score (nSPS) is 17.5. The standard InChI is InChI=1S/C17H21F3O2/c1-22-15(21)12-16(9-2-3-10-16)11-8-13-4-6-14(7-5-13)17(18,19)20/h4-7H,2-3,8-12H2,1H3. The molecule has 1 saturated carbocycles. The van der Waals surface area contributed by atoms with Crippen molar-refractivity contribution in [1.82, 2.24) is 0 Å². The number of benzene rings is 1. The number of ether oxygens (including phenoxy) is 1. The molecule has 0 aromatic heterocycles. The molecule has 0 atom stereocenters. The van der Waals surface area contributed by atoms with Crippen LogP contribution in [0.25, 0.3) is 0 Å². The Balaban J connectivity index is 1.99. The van der Waals surface area contributed by atoms with Gasteiger partial charge in [-0.1, -0.05) is 25.0 Å². The van der Waals surface area contributed by atoms with Gasteiger partial charge in [-0.2, -0.15) is 13.2 Å². The second-order valence-electron chi connectivity index (χ2n) is 6.15. The number of methoxy groups -OCH3 is 1. The Labute approximate surface area is 128 Å². The number of halogens is 3. The molecule has 0 spiro atoms. The van der Waals surface area contributed by atoms with Crippen LogP contribution < -0.4 is 0 Å². The molecule has 0 unspecified atom stereocenters. The smallest absolute Gasteiger partial charge is 0.416 e. The third kappa shape index (κ3) is 4.24. The number of hydrogen-bond acceptors (Lipinski definition) is 2. The van der Waals surface area contributed by atoms with Gasteiger partial charge in [-0.25, -0.2) is 0 Å². The van der Waals surface area contributed by atoms with E-state index in [2.05, 4.69) is 0 Å². The molecule has 0 heterocycles. The summed E-state index contributed by atoms with van der Waals surface area (Å²) in [6.45, 7) is 0.